The number of benzene rings is 2. The van der Waals surface area contributed by atoms with Crippen LogP contribution >= 0.6 is 11.3 Å². The molecule has 33 heavy (non-hydrogen) atoms. The largest absolute Gasteiger partial charge is 0.416 e. The van der Waals surface area contributed by atoms with Crippen molar-refractivity contribution >= 4 is 27.3 Å². The number of hydrogen-bond acceptors (Lipinski definition) is 4. The van der Waals surface area contributed by atoms with E-state index in [9.17, 15) is 22.4 Å². The van der Waals surface area contributed by atoms with Gasteiger partial charge in [-0.25, -0.2) is 4.39 Å². The second-order valence-corrected chi connectivity index (χ2v) is 9.23. The van der Waals surface area contributed by atoms with Crippen molar-refractivity contribution in [2.45, 2.75) is 38.2 Å². The van der Waals surface area contributed by atoms with Crippen LogP contribution in [0, 0.1) is 5.82 Å². The van der Waals surface area contributed by atoms with E-state index in [0.29, 0.717) is 58.6 Å². The summed E-state index contributed by atoms with van der Waals surface area (Å²) in [7, 11) is 1.51. The first-order valence-corrected chi connectivity index (χ1v) is 11.5. The van der Waals surface area contributed by atoms with Crippen LogP contribution < -0.4 is 5.32 Å². The maximum absolute atomic E-state index is 14.4. The summed E-state index contributed by atoms with van der Waals surface area (Å²) in [6.45, 7) is 1.89. The molecule has 176 valence electrons. The predicted octanol–water partition coefficient (Wildman–Crippen LogP) is 5.60. The highest BCUT2D eigenvalue weighted by molar-refractivity contribution is 7.21. The lowest BCUT2D eigenvalue weighted by atomic mass is 10.0. The van der Waals surface area contributed by atoms with Gasteiger partial charge in [0.2, 0.25) is 0 Å². The van der Waals surface area contributed by atoms with Gasteiger partial charge in [0, 0.05) is 48.4 Å². The van der Waals surface area contributed by atoms with Gasteiger partial charge in [-0.3, -0.25) is 9.69 Å². The van der Waals surface area contributed by atoms with Crippen molar-refractivity contribution in [1.29, 1.82) is 0 Å². The van der Waals surface area contributed by atoms with Crippen LogP contribution in [0.15, 0.2) is 42.5 Å². The first-order valence-electron chi connectivity index (χ1n) is 10.6. The number of thiophene rings is 1. The minimum atomic E-state index is -4.36. The van der Waals surface area contributed by atoms with Crippen molar-refractivity contribution in [1.82, 2.24) is 10.2 Å². The molecule has 0 atom stereocenters. The minimum absolute atomic E-state index is 0.0549. The smallest absolute Gasteiger partial charge is 0.380 e. The SMILES string of the molecule is COCc1c(C(=O)NC2CCN(Cc3cccc(C(F)(F)F)c3)CC2)sc2cccc(F)c12. The van der Waals surface area contributed by atoms with Crippen molar-refractivity contribution < 1.29 is 27.1 Å². The Morgan fingerprint density at radius 2 is 1.91 bits per heavy atom. The van der Waals surface area contributed by atoms with Crippen molar-refractivity contribution in [2.75, 3.05) is 20.2 Å². The molecular formula is C24H24F4N2O2S. The molecule has 0 unspecified atom stereocenters. The number of carbonyl (C=O) groups excluding carboxylic acids is 1. The molecule has 0 aliphatic carbocycles. The first kappa shape index (κ1) is 23.7. The molecule has 0 bridgehead atoms. The zero-order valence-electron chi connectivity index (χ0n) is 18.0. The number of amides is 1. The summed E-state index contributed by atoms with van der Waals surface area (Å²) in [6.07, 6.45) is -2.99. The van der Waals surface area contributed by atoms with Crippen molar-refractivity contribution in [2.24, 2.45) is 0 Å². The summed E-state index contributed by atoms with van der Waals surface area (Å²) in [5.74, 6) is -0.628. The number of hydrogen-bond donors (Lipinski definition) is 1. The van der Waals surface area contributed by atoms with Gasteiger partial charge in [0.1, 0.15) is 5.82 Å². The summed E-state index contributed by atoms with van der Waals surface area (Å²) in [5.41, 5.74) is 0.521. The van der Waals surface area contributed by atoms with Crippen molar-refractivity contribution in [3.8, 4) is 0 Å². The van der Waals surface area contributed by atoms with Gasteiger partial charge < -0.3 is 10.1 Å². The van der Waals surface area contributed by atoms with Crippen LogP contribution in [0.5, 0.6) is 0 Å². The van der Waals surface area contributed by atoms with Gasteiger partial charge in [-0.15, -0.1) is 11.3 Å². The first-order chi connectivity index (χ1) is 15.8. The maximum atomic E-state index is 14.4. The Morgan fingerprint density at radius 3 is 2.61 bits per heavy atom. The normalized spacial score (nSPS) is 15.8. The summed E-state index contributed by atoms with van der Waals surface area (Å²) in [4.78, 5) is 15.5. The van der Waals surface area contributed by atoms with Gasteiger partial charge in [0.15, 0.2) is 0 Å². The van der Waals surface area contributed by atoms with Crippen LogP contribution in [0.2, 0.25) is 0 Å². The molecule has 0 radical (unpaired) electrons. The van der Waals surface area contributed by atoms with E-state index in [-0.39, 0.29) is 24.4 Å². The van der Waals surface area contributed by atoms with E-state index in [4.69, 9.17) is 4.74 Å². The van der Waals surface area contributed by atoms with Crippen LogP contribution in [-0.4, -0.2) is 37.0 Å². The predicted molar refractivity (Wildman–Crippen MR) is 120 cm³/mol. The number of ether oxygens (including phenoxy) is 1. The molecule has 4 rings (SSSR count). The second-order valence-electron chi connectivity index (χ2n) is 8.18. The fourth-order valence-electron chi connectivity index (χ4n) is 4.22. The Balaban J connectivity index is 1.38. The highest BCUT2D eigenvalue weighted by Crippen LogP contribution is 2.34. The number of methoxy groups -OCH3 is 1. The molecule has 0 spiro atoms. The molecule has 1 N–H and O–H groups in total. The van der Waals surface area contributed by atoms with Gasteiger partial charge in [-0.2, -0.15) is 13.2 Å². The molecule has 0 saturated carbocycles. The summed E-state index contributed by atoms with van der Waals surface area (Å²) < 4.78 is 59.1. The standard InChI is InChI=1S/C24H24F4N2O2S/c1-32-14-18-21-19(25)6-3-7-20(21)33-22(18)23(31)29-17-8-10-30(11-9-17)13-15-4-2-5-16(12-15)24(26,27)28/h2-7,12,17H,8-11,13-14H2,1H3,(H,29,31). The number of rotatable bonds is 6. The molecule has 9 heteroatoms. The molecule has 3 aromatic rings. The molecule has 1 saturated heterocycles. The molecule has 2 aromatic carbocycles. The molecule has 1 amide bonds. The molecule has 4 nitrogen and oxygen atoms in total. The van der Waals surface area contributed by atoms with E-state index in [1.165, 1.54) is 36.6 Å². The topological polar surface area (TPSA) is 41.6 Å². The van der Waals surface area contributed by atoms with Gasteiger partial charge >= 0.3 is 6.18 Å². The minimum Gasteiger partial charge on any atom is -0.380 e. The number of fused-ring (bicyclic) bond motifs is 1. The Hall–Kier alpha value is -2.49. The van der Waals surface area contributed by atoms with Crippen LogP contribution in [-0.2, 0) is 24.1 Å². The Labute approximate surface area is 193 Å². The van der Waals surface area contributed by atoms with Gasteiger partial charge in [-0.1, -0.05) is 24.3 Å². The molecule has 2 heterocycles. The zero-order valence-corrected chi connectivity index (χ0v) is 18.9. The third kappa shape index (κ3) is 5.37. The summed E-state index contributed by atoms with van der Waals surface area (Å²) in [5, 5.41) is 3.47. The van der Waals surface area contributed by atoms with Gasteiger partial charge in [0.05, 0.1) is 17.0 Å². The Morgan fingerprint density at radius 1 is 1.18 bits per heavy atom. The summed E-state index contributed by atoms with van der Waals surface area (Å²) >= 11 is 1.25. The summed E-state index contributed by atoms with van der Waals surface area (Å²) in [6, 6.07) is 10.1. The lowest BCUT2D eigenvalue weighted by Gasteiger charge is -2.32. The molecule has 1 fully saturated rings. The number of alkyl halides is 3. The molecule has 1 aliphatic rings. The molecule has 1 aromatic heterocycles. The third-order valence-electron chi connectivity index (χ3n) is 5.84. The number of piperidine rings is 1. The van der Waals surface area contributed by atoms with Gasteiger partial charge in [0.25, 0.3) is 5.91 Å². The number of halogens is 4. The molecular weight excluding hydrogens is 456 g/mol. The van der Waals surface area contributed by atoms with Crippen molar-refractivity contribution in [3.05, 3.63) is 69.8 Å². The van der Waals surface area contributed by atoms with E-state index in [0.717, 1.165) is 6.07 Å². The number of carbonyl (C=O) groups is 1. The zero-order chi connectivity index (χ0) is 23.6. The van der Waals surface area contributed by atoms with Crippen LogP contribution in [0.3, 0.4) is 0 Å². The van der Waals surface area contributed by atoms with E-state index in [1.54, 1.807) is 18.2 Å². The Kier molecular flexibility index (Phi) is 7.02. The fourth-order valence-corrected chi connectivity index (χ4v) is 5.35. The third-order valence-corrected chi connectivity index (χ3v) is 7.04. The number of nitrogens with zero attached hydrogens (tertiary/aromatic N) is 1. The Bertz CT molecular complexity index is 1140. The average Bonchev–Trinajstić information content (AvgIpc) is 3.15. The quantitative estimate of drug-likeness (QED) is 0.467. The monoisotopic (exact) mass is 480 g/mol. The average molecular weight is 481 g/mol. The highest BCUT2D eigenvalue weighted by atomic mass is 32.1. The lowest BCUT2D eigenvalue weighted by Crippen LogP contribution is -2.44. The van der Waals surface area contributed by atoms with E-state index >= 15 is 0 Å². The van der Waals surface area contributed by atoms with Crippen LogP contribution in [0.4, 0.5) is 17.6 Å². The van der Waals surface area contributed by atoms with Crippen LogP contribution in [0.1, 0.15) is 39.2 Å². The fraction of sp³-hybridized carbons (Fsp3) is 0.375. The maximum Gasteiger partial charge on any atom is 0.416 e. The van der Waals surface area contributed by atoms with E-state index in [2.05, 4.69) is 10.2 Å². The number of nitrogens with one attached hydrogen (secondary N) is 1. The second kappa shape index (κ2) is 9.79. The van der Waals surface area contributed by atoms with Crippen molar-refractivity contribution in [3.63, 3.8) is 0 Å². The van der Waals surface area contributed by atoms with E-state index < -0.39 is 11.7 Å². The van der Waals surface area contributed by atoms with Gasteiger partial charge in [-0.05, 0) is 36.6 Å². The lowest BCUT2D eigenvalue weighted by molar-refractivity contribution is -0.137. The van der Waals surface area contributed by atoms with Crippen LogP contribution in [0.25, 0.3) is 10.1 Å². The number of likely N-dealkylation sites (tertiary alicyclic amines) is 1. The highest BCUT2D eigenvalue weighted by Gasteiger charge is 2.31. The van der Waals surface area contributed by atoms with E-state index in [1.807, 2.05) is 0 Å². The molecule has 1 aliphatic heterocycles.